The lowest BCUT2D eigenvalue weighted by molar-refractivity contribution is -0.136. The normalized spacial score (nSPS) is 10.2. The molecule has 3 nitrogen and oxygen atoms in total. The fourth-order valence-corrected chi connectivity index (χ4v) is 2.03. The van der Waals surface area contributed by atoms with Crippen molar-refractivity contribution in [2.45, 2.75) is 6.42 Å². The molecule has 0 fully saturated rings. The lowest BCUT2D eigenvalue weighted by atomic mass is 10.1. The highest BCUT2D eigenvalue weighted by molar-refractivity contribution is 6.35. The maximum atomic E-state index is 10.8. The van der Waals surface area contributed by atoms with Gasteiger partial charge in [0, 0.05) is 10.7 Å². The fraction of sp³-hybridized carbons (Fsp3) is 0.0714. The number of rotatable bonds is 4. The van der Waals surface area contributed by atoms with Crippen LogP contribution in [0.25, 0.3) is 0 Å². The zero-order valence-corrected chi connectivity index (χ0v) is 11.4. The number of hydrogen-bond acceptors (Lipinski definition) is 2. The summed E-state index contributed by atoms with van der Waals surface area (Å²) in [6.45, 7) is 0. The molecule has 0 aliphatic rings. The Labute approximate surface area is 120 Å². The Hall–Kier alpha value is -1.71. The van der Waals surface area contributed by atoms with Crippen LogP contribution in [0.3, 0.4) is 0 Å². The van der Waals surface area contributed by atoms with E-state index in [-0.39, 0.29) is 6.42 Å². The molecule has 0 spiro atoms. The van der Waals surface area contributed by atoms with Gasteiger partial charge >= 0.3 is 5.97 Å². The Morgan fingerprint density at radius 1 is 1.11 bits per heavy atom. The third kappa shape index (κ3) is 3.63. The predicted molar refractivity (Wildman–Crippen MR) is 77.5 cm³/mol. The molecular formula is C14H11Cl2NO2. The third-order valence-corrected chi connectivity index (χ3v) is 3.12. The molecule has 2 aromatic carbocycles. The minimum atomic E-state index is -0.883. The van der Waals surface area contributed by atoms with E-state index in [4.69, 9.17) is 28.3 Å². The van der Waals surface area contributed by atoms with E-state index in [1.807, 2.05) is 6.07 Å². The van der Waals surface area contributed by atoms with E-state index in [2.05, 4.69) is 5.32 Å². The summed E-state index contributed by atoms with van der Waals surface area (Å²) in [5, 5.41) is 13.1. The Balaban J connectivity index is 2.32. The van der Waals surface area contributed by atoms with Crippen LogP contribution >= 0.6 is 23.2 Å². The first-order valence-corrected chi connectivity index (χ1v) is 6.33. The second-order valence-electron chi connectivity index (χ2n) is 3.98. The van der Waals surface area contributed by atoms with E-state index in [0.717, 1.165) is 0 Å². The summed E-state index contributed by atoms with van der Waals surface area (Å²) >= 11 is 12.0. The van der Waals surface area contributed by atoms with Crippen LogP contribution in [0.4, 0.5) is 11.4 Å². The van der Waals surface area contributed by atoms with Gasteiger partial charge in [0.05, 0.1) is 17.1 Å². The van der Waals surface area contributed by atoms with Gasteiger partial charge in [-0.3, -0.25) is 4.79 Å². The van der Waals surface area contributed by atoms with Gasteiger partial charge in [-0.05, 0) is 29.8 Å². The van der Waals surface area contributed by atoms with Crippen LogP contribution in [-0.4, -0.2) is 11.1 Å². The molecule has 2 rings (SSSR count). The minimum Gasteiger partial charge on any atom is -0.481 e. The molecular weight excluding hydrogens is 285 g/mol. The Kier molecular flexibility index (Phi) is 4.30. The van der Waals surface area contributed by atoms with Gasteiger partial charge in [0.1, 0.15) is 0 Å². The first-order valence-electron chi connectivity index (χ1n) is 5.58. The molecule has 0 atom stereocenters. The standard InChI is InChI=1S/C14H11Cl2NO2/c15-10-5-6-11(16)13(8-10)17-12-4-2-1-3-9(12)7-14(18)19/h1-6,8,17H,7H2,(H,18,19). The molecule has 19 heavy (non-hydrogen) atoms. The van der Waals surface area contributed by atoms with Crippen molar-refractivity contribution in [1.29, 1.82) is 0 Å². The van der Waals surface area contributed by atoms with Crippen molar-refractivity contribution in [3.63, 3.8) is 0 Å². The van der Waals surface area contributed by atoms with E-state index in [9.17, 15) is 4.79 Å². The molecule has 5 heteroatoms. The lowest BCUT2D eigenvalue weighted by Crippen LogP contribution is -2.03. The number of hydrogen-bond donors (Lipinski definition) is 2. The van der Waals surface area contributed by atoms with E-state index in [1.54, 1.807) is 36.4 Å². The molecule has 2 N–H and O–H groups in total. The average molecular weight is 296 g/mol. The molecule has 0 saturated heterocycles. The second-order valence-corrected chi connectivity index (χ2v) is 4.82. The highest BCUT2D eigenvalue weighted by Crippen LogP contribution is 2.29. The predicted octanol–water partition coefficient (Wildman–Crippen LogP) is 4.36. The molecule has 2 aromatic rings. The Morgan fingerprint density at radius 3 is 2.58 bits per heavy atom. The highest BCUT2D eigenvalue weighted by atomic mass is 35.5. The largest absolute Gasteiger partial charge is 0.481 e. The lowest BCUT2D eigenvalue weighted by Gasteiger charge is -2.12. The van der Waals surface area contributed by atoms with Crippen molar-refractivity contribution in [2.24, 2.45) is 0 Å². The van der Waals surface area contributed by atoms with Gasteiger partial charge in [-0.2, -0.15) is 0 Å². The summed E-state index contributed by atoms with van der Waals surface area (Å²) < 4.78 is 0. The first-order chi connectivity index (χ1) is 9.06. The second kappa shape index (κ2) is 5.95. The number of carboxylic acid groups (broad SMARTS) is 1. The topological polar surface area (TPSA) is 49.3 Å². The van der Waals surface area contributed by atoms with E-state index >= 15 is 0 Å². The Morgan fingerprint density at radius 2 is 1.84 bits per heavy atom. The van der Waals surface area contributed by atoms with Crippen molar-refractivity contribution in [1.82, 2.24) is 0 Å². The van der Waals surface area contributed by atoms with Crippen LogP contribution in [0.1, 0.15) is 5.56 Å². The minimum absolute atomic E-state index is 0.0542. The van der Waals surface area contributed by atoms with Crippen molar-refractivity contribution in [3.8, 4) is 0 Å². The molecule has 0 aliphatic heterocycles. The molecule has 0 saturated carbocycles. The number of anilines is 2. The van der Waals surface area contributed by atoms with Crippen LogP contribution in [0.5, 0.6) is 0 Å². The maximum absolute atomic E-state index is 10.8. The van der Waals surface area contributed by atoms with Crippen molar-refractivity contribution in [2.75, 3.05) is 5.32 Å². The molecule has 0 aromatic heterocycles. The Bertz CT molecular complexity index is 614. The maximum Gasteiger partial charge on any atom is 0.307 e. The van der Waals surface area contributed by atoms with Crippen molar-refractivity contribution in [3.05, 3.63) is 58.1 Å². The van der Waals surface area contributed by atoms with E-state index in [1.165, 1.54) is 0 Å². The first kappa shape index (κ1) is 13.7. The molecule has 0 bridgehead atoms. The highest BCUT2D eigenvalue weighted by Gasteiger charge is 2.08. The van der Waals surface area contributed by atoms with Crippen LogP contribution < -0.4 is 5.32 Å². The molecule has 0 unspecified atom stereocenters. The SMILES string of the molecule is O=C(O)Cc1ccccc1Nc1cc(Cl)ccc1Cl. The van der Waals surface area contributed by atoms with Crippen molar-refractivity contribution >= 4 is 40.5 Å². The van der Waals surface area contributed by atoms with Crippen LogP contribution in [-0.2, 0) is 11.2 Å². The van der Waals surface area contributed by atoms with E-state index in [0.29, 0.717) is 27.0 Å². The quantitative estimate of drug-likeness (QED) is 0.881. The number of halogens is 2. The number of aliphatic carboxylic acids is 1. The monoisotopic (exact) mass is 295 g/mol. The average Bonchev–Trinajstić information content (AvgIpc) is 2.35. The molecule has 0 radical (unpaired) electrons. The zero-order chi connectivity index (χ0) is 13.8. The van der Waals surface area contributed by atoms with Gasteiger partial charge in [-0.1, -0.05) is 41.4 Å². The summed E-state index contributed by atoms with van der Waals surface area (Å²) in [7, 11) is 0. The summed E-state index contributed by atoms with van der Waals surface area (Å²) in [6, 6.07) is 12.3. The number of nitrogens with one attached hydrogen (secondary N) is 1. The summed E-state index contributed by atoms with van der Waals surface area (Å²) in [5.41, 5.74) is 2.03. The van der Waals surface area contributed by atoms with E-state index < -0.39 is 5.97 Å². The fourth-order valence-electron chi connectivity index (χ4n) is 1.70. The zero-order valence-electron chi connectivity index (χ0n) is 9.86. The smallest absolute Gasteiger partial charge is 0.307 e. The molecule has 98 valence electrons. The number of benzene rings is 2. The summed E-state index contributed by atoms with van der Waals surface area (Å²) in [4.78, 5) is 10.8. The van der Waals surface area contributed by atoms with Gasteiger partial charge in [-0.25, -0.2) is 0 Å². The van der Waals surface area contributed by atoms with Gasteiger partial charge in [0.15, 0.2) is 0 Å². The van der Waals surface area contributed by atoms with Crippen LogP contribution in [0.2, 0.25) is 10.0 Å². The van der Waals surface area contributed by atoms with Crippen LogP contribution in [0.15, 0.2) is 42.5 Å². The molecule has 0 amide bonds. The van der Waals surface area contributed by atoms with Gasteiger partial charge in [0.25, 0.3) is 0 Å². The van der Waals surface area contributed by atoms with Gasteiger partial charge in [0.2, 0.25) is 0 Å². The summed E-state index contributed by atoms with van der Waals surface area (Å²) in [6.07, 6.45) is -0.0542. The number of carboxylic acids is 1. The van der Waals surface area contributed by atoms with Crippen LogP contribution in [0, 0.1) is 0 Å². The molecule has 0 aliphatic carbocycles. The summed E-state index contributed by atoms with van der Waals surface area (Å²) in [5.74, 6) is -0.883. The number of para-hydroxylation sites is 1. The van der Waals surface area contributed by atoms with Crippen molar-refractivity contribution < 1.29 is 9.90 Å². The molecule has 0 heterocycles. The number of carbonyl (C=O) groups is 1. The van der Waals surface area contributed by atoms with Gasteiger partial charge in [-0.15, -0.1) is 0 Å². The third-order valence-electron chi connectivity index (χ3n) is 2.56. The van der Waals surface area contributed by atoms with Gasteiger partial charge < -0.3 is 10.4 Å².